The normalized spacial score (nSPS) is 11.2. The highest BCUT2D eigenvalue weighted by Gasteiger charge is 2.17. The van der Waals surface area contributed by atoms with E-state index >= 15 is 0 Å². The molecule has 0 saturated heterocycles. The summed E-state index contributed by atoms with van der Waals surface area (Å²) < 4.78 is 9.27. The first kappa shape index (κ1) is 14.3. The summed E-state index contributed by atoms with van der Waals surface area (Å²) in [5.74, 6) is 0.545. The fourth-order valence-corrected chi connectivity index (χ4v) is 2.22. The number of anilines is 1. The van der Waals surface area contributed by atoms with Crippen LogP contribution in [-0.4, -0.2) is 39.4 Å². The Hall–Kier alpha value is -2.09. The summed E-state index contributed by atoms with van der Waals surface area (Å²) >= 11 is 0. The molecule has 0 spiro atoms. The third-order valence-electron chi connectivity index (χ3n) is 3.31. The zero-order valence-corrected chi connectivity index (χ0v) is 12.1. The molecular formula is C12H19N5O3. The van der Waals surface area contributed by atoms with Crippen LogP contribution in [0, 0.1) is 0 Å². The Morgan fingerprint density at radius 3 is 2.55 bits per heavy atom. The Morgan fingerprint density at radius 2 is 1.95 bits per heavy atom. The first-order valence-corrected chi connectivity index (χ1v) is 6.35. The van der Waals surface area contributed by atoms with Gasteiger partial charge in [-0.05, 0) is 6.42 Å². The maximum absolute atomic E-state index is 12.2. The van der Waals surface area contributed by atoms with Crippen molar-refractivity contribution in [3.63, 3.8) is 0 Å². The summed E-state index contributed by atoms with van der Waals surface area (Å²) in [5, 5.41) is 2.91. The number of imidazole rings is 1. The van der Waals surface area contributed by atoms with E-state index in [2.05, 4.69) is 10.3 Å². The molecule has 2 aromatic rings. The van der Waals surface area contributed by atoms with Crippen LogP contribution in [0.5, 0.6) is 0 Å². The van der Waals surface area contributed by atoms with E-state index in [-0.39, 0.29) is 11.2 Å². The van der Waals surface area contributed by atoms with Crippen molar-refractivity contribution >= 4 is 17.1 Å². The van der Waals surface area contributed by atoms with Gasteiger partial charge in [-0.15, -0.1) is 0 Å². The standard InChI is InChI=1S/C12H19N5O3/c1-13-11-14-9-8(15(11)2)10(18)16(3)12(19)17(9)6-5-7-20-4/h5-7H2,1-4H3,(H,13,14). The van der Waals surface area contributed by atoms with Crippen LogP contribution in [0.3, 0.4) is 0 Å². The number of fused-ring (bicyclic) bond motifs is 1. The molecule has 0 fully saturated rings. The van der Waals surface area contributed by atoms with Gasteiger partial charge in [0, 0.05) is 41.4 Å². The quantitative estimate of drug-likeness (QED) is 0.748. The van der Waals surface area contributed by atoms with E-state index in [1.54, 1.807) is 25.8 Å². The average molecular weight is 281 g/mol. The summed E-state index contributed by atoms with van der Waals surface area (Å²) in [6, 6.07) is 0. The summed E-state index contributed by atoms with van der Waals surface area (Å²) in [7, 11) is 6.55. The minimum atomic E-state index is -0.362. The molecule has 0 aliphatic rings. The Balaban J connectivity index is 2.72. The Labute approximate surface area is 115 Å². The van der Waals surface area contributed by atoms with Gasteiger partial charge in [0.2, 0.25) is 5.95 Å². The SMILES string of the molecule is CNc1nc2c(c(=O)n(C)c(=O)n2CCCOC)n1C. The zero-order chi connectivity index (χ0) is 14.9. The van der Waals surface area contributed by atoms with E-state index in [1.807, 2.05) is 0 Å². The molecular weight excluding hydrogens is 262 g/mol. The van der Waals surface area contributed by atoms with Gasteiger partial charge in [0.05, 0.1) is 0 Å². The predicted octanol–water partition coefficient (Wildman–Crippen LogP) is -0.488. The van der Waals surface area contributed by atoms with Crippen LogP contribution < -0.4 is 16.6 Å². The number of rotatable bonds is 5. The summed E-state index contributed by atoms with van der Waals surface area (Å²) in [6.45, 7) is 1.000. The van der Waals surface area contributed by atoms with Gasteiger partial charge in [-0.1, -0.05) is 0 Å². The van der Waals surface area contributed by atoms with Crippen molar-refractivity contribution in [1.82, 2.24) is 18.7 Å². The van der Waals surface area contributed by atoms with Crippen LogP contribution in [0.25, 0.3) is 11.2 Å². The van der Waals surface area contributed by atoms with Crippen molar-refractivity contribution in [2.75, 3.05) is 26.1 Å². The lowest BCUT2D eigenvalue weighted by Gasteiger charge is -2.08. The molecule has 0 bridgehead atoms. The van der Waals surface area contributed by atoms with Gasteiger partial charge in [0.25, 0.3) is 5.56 Å². The maximum atomic E-state index is 12.2. The fraction of sp³-hybridized carbons (Fsp3) is 0.583. The highest BCUT2D eigenvalue weighted by Crippen LogP contribution is 2.13. The summed E-state index contributed by atoms with van der Waals surface area (Å²) in [4.78, 5) is 28.8. The Morgan fingerprint density at radius 1 is 1.25 bits per heavy atom. The molecule has 0 aliphatic heterocycles. The molecule has 0 radical (unpaired) electrons. The topological polar surface area (TPSA) is 83.1 Å². The molecule has 8 heteroatoms. The van der Waals surface area contributed by atoms with Crippen molar-refractivity contribution in [1.29, 1.82) is 0 Å². The lowest BCUT2D eigenvalue weighted by molar-refractivity contribution is 0.190. The van der Waals surface area contributed by atoms with Gasteiger partial charge in [0.15, 0.2) is 11.2 Å². The van der Waals surface area contributed by atoms with Crippen LogP contribution in [0.4, 0.5) is 5.95 Å². The number of aryl methyl sites for hydroxylation is 2. The van der Waals surface area contributed by atoms with Crippen LogP contribution in [0.15, 0.2) is 9.59 Å². The van der Waals surface area contributed by atoms with Crippen molar-refractivity contribution in [3.8, 4) is 0 Å². The highest BCUT2D eigenvalue weighted by molar-refractivity contribution is 5.74. The van der Waals surface area contributed by atoms with Crippen molar-refractivity contribution in [3.05, 3.63) is 20.8 Å². The number of nitrogens with zero attached hydrogens (tertiary/aromatic N) is 4. The number of nitrogens with one attached hydrogen (secondary N) is 1. The molecule has 20 heavy (non-hydrogen) atoms. The molecule has 0 aromatic carbocycles. The summed E-state index contributed by atoms with van der Waals surface area (Å²) in [5.41, 5.74) is 0.110. The van der Waals surface area contributed by atoms with Gasteiger partial charge in [-0.3, -0.25) is 13.9 Å². The molecule has 0 unspecified atom stereocenters. The largest absolute Gasteiger partial charge is 0.385 e. The second-order valence-electron chi connectivity index (χ2n) is 4.56. The van der Waals surface area contributed by atoms with E-state index in [4.69, 9.17) is 4.74 Å². The maximum Gasteiger partial charge on any atom is 0.332 e. The molecule has 0 saturated carbocycles. The molecule has 2 aromatic heterocycles. The number of methoxy groups -OCH3 is 1. The third kappa shape index (κ3) is 2.11. The Bertz CT molecular complexity index is 740. The number of hydrogen-bond acceptors (Lipinski definition) is 5. The van der Waals surface area contributed by atoms with E-state index < -0.39 is 0 Å². The number of hydrogen-bond donors (Lipinski definition) is 1. The van der Waals surface area contributed by atoms with Crippen molar-refractivity contribution < 1.29 is 4.74 Å². The zero-order valence-electron chi connectivity index (χ0n) is 12.1. The van der Waals surface area contributed by atoms with E-state index in [0.29, 0.717) is 36.7 Å². The smallest absolute Gasteiger partial charge is 0.332 e. The molecule has 2 heterocycles. The third-order valence-corrected chi connectivity index (χ3v) is 3.31. The molecule has 110 valence electrons. The van der Waals surface area contributed by atoms with Crippen LogP contribution in [0.2, 0.25) is 0 Å². The fourth-order valence-electron chi connectivity index (χ4n) is 2.22. The second-order valence-corrected chi connectivity index (χ2v) is 4.56. The van der Waals surface area contributed by atoms with E-state index in [9.17, 15) is 9.59 Å². The van der Waals surface area contributed by atoms with Crippen LogP contribution in [-0.2, 0) is 25.4 Å². The molecule has 0 atom stereocenters. The molecule has 0 amide bonds. The lowest BCUT2D eigenvalue weighted by atomic mass is 10.4. The monoisotopic (exact) mass is 281 g/mol. The second kappa shape index (κ2) is 5.49. The first-order valence-electron chi connectivity index (χ1n) is 6.35. The lowest BCUT2D eigenvalue weighted by Crippen LogP contribution is -2.38. The van der Waals surface area contributed by atoms with Gasteiger partial charge in [-0.2, -0.15) is 4.98 Å². The number of aromatic nitrogens is 4. The van der Waals surface area contributed by atoms with Gasteiger partial charge < -0.3 is 14.6 Å². The van der Waals surface area contributed by atoms with Crippen molar-refractivity contribution in [2.24, 2.45) is 14.1 Å². The highest BCUT2D eigenvalue weighted by atomic mass is 16.5. The minimum absolute atomic E-state index is 0.343. The Kier molecular flexibility index (Phi) is 3.93. The van der Waals surface area contributed by atoms with Crippen molar-refractivity contribution in [2.45, 2.75) is 13.0 Å². The summed E-state index contributed by atoms with van der Waals surface area (Å²) in [6.07, 6.45) is 0.676. The van der Waals surface area contributed by atoms with Crippen LogP contribution >= 0.6 is 0 Å². The molecule has 1 N–H and O–H groups in total. The van der Waals surface area contributed by atoms with Gasteiger partial charge >= 0.3 is 5.69 Å². The van der Waals surface area contributed by atoms with Gasteiger partial charge in [-0.25, -0.2) is 4.79 Å². The van der Waals surface area contributed by atoms with E-state index in [0.717, 1.165) is 4.57 Å². The predicted molar refractivity (Wildman–Crippen MR) is 76.3 cm³/mol. The molecule has 2 rings (SSSR count). The number of ether oxygens (including phenoxy) is 1. The molecule has 8 nitrogen and oxygen atoms in total. The van der Waals surface area contributed by atoms with E-state index in [1.165, 1.54) is 11.6 Å². The molecule has 0 aliphatic carbocycles. The minimum Gasteiger partial charge on any atom is -0.385 e. The average Bonchev–Trinajstić information content (AvgIpc) is 2.77. The van der Waals surface area contributed by atoms with Gasteiger partial charge in [0.1, 0.15) is 0 Å². The first-order chi connectivity index (χ1) is 9.52. The van der Waals surface area contributed by atoms with Crippen LogP contribution in [0.1, 0.15) is 6.42 Å².